The SMILES string of the molecule is O=C(NCc1ccco1)C(=O)Nc1sc2c(c1C(=O)O)CCCC2. The van der Waals surface area contributed by atoms with Gasteiger partial charge in [0.2, 0.25) is 0 Å². The Morgan fingerprint density at radius 3 is 2.71 bits per heavy atom. The molecular weight excluding hydrogens is 332 g/mol. The number of carbonyl (C=O) groups is 3. The van der Waals surface area contributed by atoms with Gasteiger partial charge in [0.05, 0.1) is 18.4 Å². The number of amides is 2. The number of anilines is 1. The summed E-state index contributed by atoms with van der Waals surface area (Å²) in [6.07, 6.45) is 4.90. The molecule has 2 heterocycles. The highest BCUT2D eigenvalue weighted by molar-refractivity contribution is 7.17. The first-order valence-corrected chi connectivity index (χ1v) is 8.37. The Labute approximate surface area is 141 Å². The lowest BCUT2D eigenvalue weighted by Gasteiger charge is -2.10. The van der Waals surface area contributed by atoms with Gasteiger partial charge in [0.25, 0.3) is 0 Å². The molecule has 0 fully saturated rings. The fourth-order valence-corrected chi connectivity index (χ4v) is 3.98. The van der Waals surface area contributed by atoms with E-state index in [1.54, 1.807) is 12.1 Å². The van der Waals surface area contributed by atoms with Crippen molar-refractivity contribution in [2.75, 3.05) is 5.32 Å². The topological polar surface area (TPSA) is 109 Å². The summed E-state index contributed by atoms with van der Waals surface area (Å²) in [5, 5.41) is 14.5. The average Bonchev–Trinajstić information content (AvgIpc) is 3.19. The Bertz CT molecular complexity index is 779. The molecule has 0 radical (unpaired) electrons. The van der Waals surface area contributed by atoms with Crippen molar-refractivity contribution < 1.29 is 23.9 Å². The number of hydrogen-bond acceptors (Lipinski definition) is 5. The largest absolute Gasteiger partial charge is 0.478 e. The number of hydrogen-bond donors (Lipinski definition) is 3. The number of carboxylic acid groups (broad SMARTS) is 1. The third-order valence-electron chi connectivity index (χ3n) is 3.82. The second kappa shape index (κ2) is 6.88. The minimum Gasteiger partial charge on any atom is -0.478 e. The molecular formula is C16H16N2O5S. The normalized spacial score (nSPS) is 13.2. The van der Waals surface area contributed by atoms with Crippen molar-refractivity contribution in [2.24, 2.45) is 0 Å². The Balaban J connectivity index is 1.70. The van der Waals surface area contributed by atoms with Gasteiger partial charge in [0, 0.05) is 4.88 Å². The molecule has 3 rings (SSSR count). The van der Waals surface area contributed by atoms with Crippen LogP contribution in [0.25, 0.3) is 0 Å². The molecule has 3 N–H and O–H groups in total. The van der Waals surface area contributed by atoms with Crippen LogP contribution in [0, 0.1) is 0 Å². The van der Waals surface area contributed by atoms with E-state index in [2.05, 4.69) is 10.6 Å². The second-order valence-electron chi connectivity index (χ2n) is 5.44. The van der Waals surface area contributed by atoms with E-state index in [0.717, 1.165) is 29.7 Å². The molecule has 1 aliphatic rings. The molecule has 8 heteroatoms. The molecule has 0 atom stereocenters. The molecule has 126 valence electrons. The zero-order valence-electron chi connectivity index (χ0n) is 12.8. The molecule has 2 aromatic rings. The van der Waals surface area contributed by atoms with Crippen LogP contribution in [0.1, 0.15) is 39.4 Å². The first-order valence-electron chi connectivity index (χ1n) is 7.55. The highest BCUT2D eigenvalue weighted by Gasteiger charge is 2.27. The molecule has 24 heavy (non-hydrogen) atoms. The average molecular weight is 348 g/mol. The van der Waals surface area contributed by atoms with Gasteiger partial charge in [-0.05, 0) is 43.4 Å². The van der Waals surface area contributed by atoms with Gasteiger partial charge < -0.3 is 20.2 Å². The zero-order chi connectivity index (χ0) is 17.1. The van der Waals surface area contributed by atoms with Crippen LogP contribution in [0.5, 0.6) is 0 Å². The van der Waals surface area contributed by atoms with E-state index in [0.29, 0.717) is 12.2 Å². The third-order valence-corrected chi connectivity index (χ3v) is 5.03. The van der Waals surface area contributed by atoms with E-state index in [1.807, 2.05) is 0 Å². The van der Waals surface area contributed by atoms with Crippen LogP contribution in [0.15, 0.2) is 22.8 Å². The van der Waals surface area contributed by atoms with E-state index in [4.69, 9.17) is 4.42 Å². The summed E-state index contributed by atoms with van der Waals surface area (Å²) in [5.41, 5.74) is 0.895. The zero-order valence-corrected chi connectivity index (χ0v) is 13.6. The quantitative estimate of drug-likeness (QED) is 0.734. The number of aryl methyl sites for hydroxylation is 1. The van der Waals surface area contributed by atoms with Crippen molar-refractivity contribution in [3.63, 3.8) is 0 Å². The van der Waals surface area contributed by atoms with Crippen molar-refractivity contribution in [1.29, 1.82) is 0 Å². The fourth-order valence-electron chi connectivity index (χ4n) is 2.70. The van der Waals surface area contributed by atoms with E-state index >= 15 is 0 Å². The van der Waals surface area contributed by atoms with Gasteiger partial charge >= 0.3 is 17.8 Å². The van der Waals surface area contributed by atoms with Crippen molar-refractivity contribution in [3.05, 3.63) is 40.2 Å². The maximum atomic E-state index is 12.0. The van der Waals surface area contributed by atoms with Crippen LogP contribution in [0.2, 0.25) is 0 Å². The monoisotopic (exact) mass is 348 g/mol. The Morgan fingerprint density at radius 2 is 2.00 bits per heavy atom. The van der Waals surface area contributed by atoms with Crippen LogP contribution in [-0.4, -0.2) is 22.9 Å². The van der Waals surface area contributed by atoms with E-state index in [1.165, 1.54) is 17.6 Å². The standard InChI is InChI=1S/C16H16N2O5S/c19-13(17-8-9-4-3-7-23-9)14(20)18-15-12(16(21)22)10-5-1-2-6-11(10)24-15/h3-4,7H,1-2,5-6,8H2,(H,17,19)(H,18,20)(H,21,22). The van der Waals surface area contributed by atoms with Gasteiger partial charge in [-0.15, -0.1) is 11.3 Å². The molecule has 0 spiro atoms. The molecule has 2 amide bonds. The highest BCUT2D eigenvalue weighted by atomic mass is 32.1. The van der Waals surface area contributed by atoms with E-state index in [9.17, 15) is 19.5 Å². The number of aromatic carboxylic acids is 1. The summed E-state index contributed by atoms with van der Waals surface area (Å²) in [5.74, 6) is -2.29. The Hall–Kier alpha value is -2.61. The number of thiophene rings is 1. The number of fused-ring (bicyclic) bond motifs is 1. The smallest absolute Gasteiger partial charge is 0.339 e. The number of carbonyl (C=O) groups excluding carboxylic acids is 2. The number of furan rings is 1. The predicted molar refractivity (Wildman–Crippen MR) is 87.1 cm³/mol. The van der Waals surface area contributed by atoms with Gasteiger partial charge in [-0.2, -0.15) is 0 Å². The summed E-state index contributed by atoms with van der Waals surface area (Å²) in [6.45, 7) is 0.0893. The molecule has 0 unspecified atom stereocenters. The van der Waals surface area contributed by atoms with Crippen LogP contribution in [-0.2, 0) is 29.0 Å². The minimum atomic E-state index is -1.08. The van der Waals surface area contributed by atoms with Crippen LogP contribution in [0.3, 0.4) is 0 Å². The fraction of sp³-hybridized carbons (Fsp3) is 0.312. The number of rotatable bonds is 4. The molecule has 0 bridgehead atoms. The Kier molecular flexibility index (Phi) is 4.66. The number of carboxylic acids is 1. The van der Waals surface area contributed by atoms with E-state index in [-0.39, 0.29) is 17.1 Å². The van der Waals surface area contributed by atoms with Crippen LogP contribution < -0.4 is 10.6 Å². The summed E-state index contributed by atoms with van der Waals surface area (Å²) in [4.78, 5) is 36.4. The maximum Gasteiger partial charge on any atom is 0.339 e. The molecule has 0 aliphatic heterocycles. The van der Waals surface area contributed by atoms with Crippen molar-refractivity contribution in [2.45, 2.75) is 32.2 Å². The second-order valence-corrected chi connectivity index (χ2v) is 6.54. The lowest BCUT2D eigenvalue weighted by atomic mass is 9.95. The molecule has 0 aromatic carbocycles. The summed E-state index contributed by atoms with van der Waals surface area (Å²) in [6, 6.07) is 3.35. The van der Waals surface area contributed by atoms with Gasteiger partial charge in [0.1, 0.15) is 10.8 Å². The highest BCUT2D eigenvalue weighted by Crippen LogP contribution is 2.38. The summed E-state index contributed by atoms with van der Waals surface area (Å²) < 4.78 is 5.07. The lowest BCUT2D eigenvalue weighted by Crippen LogP contribution is -2.35. The lowest BCUT2D eigenvalue weighted by molar-refractivity contribution is -0.136. The van der Waals surface area contributed by atoms with Gasteiger partial charge in [-0.3, -0.25) is 9.59 Å². The first-order chi connectivity index (χ1) is 11.6. The Morgan fingerprint density at radius 1 is 1.21 bits per heavy atom. The minimum absolute atomic E-state index is 0.0893. The molecule has 2 aromatic heterocycles. The van der Waals surface area contributed by atoms with E-state index < -0.39 is 17.8 Å². The molecule has 0 saturated heterocycles. The van der Waals surface area contributed by atoms with Crippen LogP contribution in [0.4, 0.5) is 5.00 Å². The maximum absolute atomic E-state index is 12.0. The number of nitrogens with one attached hydrogen (secondary N) is 2. The van der Waals surface area contributed by atoms with Gasteiger partial charge in [-0.25, -0.2) is 4.79 Å². The molecule has 0 saturated carbocycles. The van der Waals surface area contributed by atoms with Crippen LogP contribution >= 0.6 is 11.3 Å². The summed E-state index contributed by atoms with van der Waals surface area (Å²) >= 11 is 1.24. The van der Waals surface area contributed by atoms with Gasteiger partial charge in [-0.1, -0.05) is 0 Å². The third kappa shape index (κ3) is 3.33. The van der Waals surface area contributed by atoms with Gasteiger partial charge in [0.15, 0.2) is 0 Å². The predicted octanol–water partition coefficient (Wildman–Crippen LogP) is 2.17. The first kappa shape index (κ1) is 16.3. The molecule has 7 nitrogen and oxygen atoms in total. The van der Waals surface area contributed by atoms with Crippen molar-refractivity contribution >= 4 is 34.1 Å². The van der Waals surface area contributed by atoms with Crippen molar-refractivity contribution in [3.8, 4) is 0 Å². The molecule has 1 aliphatic carbocycles. The van der Waals surface area contributed by atoms with Crippen molar-refractivity contribution in [1.82, 2.24) is 5.32 Å². The summed E-state index contributed by atoms with van der Waals surface area (Å²) in [7, 11) is 0.